The van der Waals surface area contributed by atoms with Crippen LogP contribution in [-0.2, 0) is 6.54 Å². The molecule has 0 bridgehead atoms. The first-order chi connectivity index (χ1) is 9.22. The van der Waals surface area contributed by atoms with Crippen molar-refractivity contribution in [1.82, 2.24) is 5.32 Å². The molecule has 0 amide bonds. The van der Waals surface area contributed by atoms with Gasteiger partial charge in [-0.15, -0.1) is 11.3 Å². The summed E-state index contributed by atoms with van der Waals surface area (Å²) in [7, 11) is 0. The topological polar surface area (TPSA) is 75.4 Å². The van der Waals surface area contributed by atoms with Crippen molar-refractivity contribution in [2.75, 3.05) is 13.2 Å². The number of hydrogen-bond acceptors (Lipinski definition) is 5. The molecule has 2 rings (SSSR count). The molecule has 19 heavy (non-hydrogen) atoms. The minimum Gasteiger partial charge on any atom is -0.395 e. The first kappa shape index (κ1) is 13.7. The van der Waals surface area contributed by atoms with Crippen molar-refractivity contribution >= 4 is 17.0 Å². The van der Waals surface area contributed by atoms with Crippen molar-refractivity contribution in [2.45, 2.75) is 6.54 Å². The van der Waals surface area contributed by atoms with Crippen LogP contribution in [0.4, 0.5) is 5.69 Å². The van der Waals surface area contributed by atoms with Crippen molar-refractivity contribution in [1.29, 1.82) is 0 Å². The third-order valence-corrected chi connectivity index (χ3v) is 3.73. The van der Waals surface area contributed by atoms with E-state index in [0.717, 1.165) is 9.75 Å². The fraction of sp³-hybridized carbons (Fsp3) is 0.231. The van der Waals surface area contributed by atoms with E-state index in [-0.39, 0.29) is 17.2 Å². The van der Waals surface area contributed by atoms with Gasteiger partial charge in [0.25, 0.3) is 5.69 Å². The summed E-state index contributed by atoms with van der Waals surface area (Å²) >= 11 is 1.52. The molecule has 1 heterocycles. The number of benzene rings is 1. The molecule has 0 spiro atoms. The zero-order valence-electron chi connectivity index (χ0n) is 10.2. The van der Waals surface area contributed by atoms with Gasteiger partial charge in [-0.25, -0.2) is 0 Å². The Labute approximate surface area is 114 Å². The lowest BCUT2D eigenvalue weighted by atomic mass is 10.1. The highest BCUT2D eigenvalue weighted by atomic mass is 32.1. The molecule has 0 unspecified atom stereocenters. The van der Waals surface area contributed by atoms with Crippen LogP contribution >= 0.6 is 11.3 Å². The van der Waals surface area contributed by atoms with Crippen LogP contribution in [0.5, 0.6) is 0 Å². The molecule has 0 saturated carbocycles. The average Bonchev–Trinajstić information content (AvgIpc) is 2.88. The molecule has 0 aliphatic carbocycles. The van der Waals surface area contributed by atoms with Gasteiger partial charge in [-0.05, 0) is 18.2 Å². The average molecular weight is 278 g/mol. The number of nitrogens with zero attached hydrogens (tertiary/aromatic N) is 1. The zero-order chi connectivity index (χ0) is 13.7. The van der Waals surface area contributed by atoms with Crippen molar-refractivity contribution in [3.63, 3.8) is 0 Å². The molecule has 1 aromatic heterocycles. The SMILES string of the molecule is O=[N+]([O-])c1ccccc1-c1ccc(CNCCO)s1. The first-order valence-electron chi connectivity index (χ1n) is 5.86. The lowest BCUT2D eigenvalue weighted by Gasteiger charge is -2.00. The monoisotopic (exact) mass is 278 g/mol. The number of aliphatic hydroxyl groups excluding tert-OH is 1. The second-order valence-corrected chi connectivity index (χ2v) is 5.11. The quantitative estimate of drug-likeness (QED) is 0.483. The Morgan fingerprint density at radius 3 is 2.79 bits per heavy atom. The molecule has 0 saturated heterocycles. The molecule has 2 aromatic rings. The van der Waals surface area contributed by atoms with Crippen molar-refractivity contribution in [3.8, 4) is 10.4 Å². The van der Waals surface area contributed by atoms with Crippen LogP contribution in [0.2, 0.25) is 0 Å². The maximum absolute atomic E-state index is 11.0. The number of hydrogen-bond donors (Lipinski definition) is 2. The van der Waals surface area contributed by atoms with Gasteiger partial charge in [-0.1, -0.05) is 12.1 Å². The van der Waals surface area contributed by atoms with Crippen LogP contribution in [0, 0.1) is 10.1 Å². The number of nitrogens with one attached hydrogen (secondary N) is 1. The van der Waals surface area contributed by atoms with E-state index in [1.54, 1.807) is 18.2 Å². The molecule has 0 radical (unpaired) electrons. The molecule has 5 nitrogen and oxygen atoms in total. The standard InChI is InChI=1S/C13H14N2O3S/c16-8-7-14-9-10-5-6-13(19-10)11-3-1-2-4-12(11)15(17)18/h1-6,14,16H,7-9H2. The summed E-state index contributed by atoms with van der Waals surface area (Å²) in [6.45, 7) is 1.30. The van der Waals surface area contributed by atoms with Crippen LogP contribution < -0.4 is 5.32 Å². The van der Waals surface area contributed by atoms with E-state index in [4.69, 9.17) is 5.11 Å². The molecule has 0 fully saturated rings. The van der Waals surface area contributed by atoms with Gasteiger partial charge in [-0.2, -0.15) is 0 Å². The van der Waals surface area contributed by atoms with E-state index >= 15 is 0 Å². The molecule has 0 aliphatic heterocycles. The minimum atomic E-state index is -0.362. The van der Waals surface area contributed by atoms with Gasteiger partial charge in [0.15, 0.2) is 0 Å². The fourth-order valence-electron chi connectivity index (χ4n) is 1.75. The van der Waals surface area contributed by atoms with Gasteiger partial charge in [0.2, 0.25) is 0 Å². The maximum Gasteiger partial charge on any atom is 0.278 e. The number of nitro benzene ring substituents is 1. The van der Waals surface area contributed by atoms with Gasteiger partial charge in [0.1, 0.15) is 0 Å². The smallest absolute Gasteiger partial charge is 0.278 e. The van der Waals surface area contributed by atoms with E-state index in [2.05, 4.69) is 5.32 Å². The van der Waals surface area contributed by atoms with Crippen molar-refractivity contribution < 1.29 is 10.0 Å². The molecule has 100 valence electrons. The molecule has 2 N–H and O–H groups in total. The number of rotatable bonds is 6. The largest absolute Gasteiger partial charge is 0.395 e. The second-order valence-electron chi connectivity index (χ2n) is 3.94. The number of aliphatic hydroxyl groups is 1. The zero-order valence-corrected chi connectivity index (χ0v) is 11.0. The second kappa shape index (κ2) is 6.42. The number of nitro groups is 1. The highest BCUT2D eigenvalue weighted by Crippen LogP contribution is 2.34. The third kappa shape index (κ3) is 3.37. The summed E-state index contributed by atoms with van der Waals surface area (Å²) in [5.74, 6) is 0. The van der Waals surface area contributed by atoms with E-state index in [9.17, 15) is 10.1 Å². The van der Waals surface area contributed by atoms with Crippen LogP contribution in [0.1, 0.15) is 4.88 Å². The number of para-hydroxylation sites is 1. The van der Waals surface area contributed by atoms with Crippen molar-refractivity contribution in [2.24, 2.45) is 0 Å². The third-order valence-electron chi connectivity index (χ3n) is 2.62. The summed E-state index contributed by atoms with van der Waals surface area (Å²) in [6, 6.07) is 10.6. The predicted molar refractivity (Wildman–Crippen MR) is 75.2 cm³/mol. The molecule has 1 aromatic carbocycles. The summed E-state index contributed by atoms with van der Waals surface area (Å²) in [5, 5.41) is 22.8. The van der Waals surface area contributed by atoms with Crippen LogP contribution in [0.3, 0.4) is 0 Å². The minimum absolute atomic E-state index is 0.0996. The normalized spacial score (nSPS) is 10.6. The summed E-state index contributed by atoms with van der Waals surface area (Å²) < 4.78 is 0. The lowest BCUT2D eigenvalue weighted by Crippen LogP contribution is -2.16. The highest BCUT2D eigenvalue weighted by Gasteiger charge is 2.15. The molecule has 0 aliphatic rings. The van der Waals surface area contributed by atoms with Crippen LogP contribution in [0.15, 0.2) is 36.4 Å². The van der Waals surface area contributed by atoms with E-state index < -0.39 is 0 Å². The first-order valence-corrected chi connectivity index (χ1v) is 6.68. The molecule has 0 atom stereocenters. The van der Waals surface area contributed by atoms with E-state index in [0.29, 0.717) is 18.7 Å². The van der Waals surface area contributed by atoms with Crippen LogP contribution in [0.25, 0.3) is 10.4 Å². The maximum atomic E-state index is 11.0. The Hall–Kier alpha value is -1.76. The molecule has 6 heteroatoms. The van der Waals surface area contributed by atoms with Gasteiger partial charge < -0.3 is 10.4 Å². The van der Waals surface area contributed by atoms with Gasteiger partial charge >= 0.3 is 0 Å². The van der Waals surface area contributed by atoms with Crippen molar-refractivity contribution in [3.05, 3.63) is 51.4 Å². The van der Waals surface area contributed by atoms with Gasteiger partial charge in [0, 0.05) is 28.9 Å². The van der Waals surface area contributed by atoms with E-state index in [1.165, 1.54) is 17.4 Å². The van der Waals surface area contributed by atoms with Gasteiger partial charge in [-0.3, -0.25) is 10.1 Å². The lowest BCUT2D eigenvalue weighted by molar-refractivity contribution is -0.384. The Bertz CT molecular complexity index is 569. The predicted octanol–water partition coefficient (Wildman–Crippen LogP) is 2.41. The Morgan fingerprint density at radius 2 is 2.05 bits per heavy atom. The Morgan fingerprint density at radius 1 is 1.26 bits per heavy atom. The van der Waals surface area contributed by atoms with Crippen LogP contribution in [-0.4, -0.2) is 23.2 Å². The summed E-state index contributed by atoms with van der Waals surface area (Å²) in [4.78, 5) is 12.6. The molecular weight excluding hydrogens is 264 g/mol. The van der Waals surface area contributed by atoms with Gasteiger partial charge in [0.05, 0.1) is 17.1 Å². The molecular formula is C13H14N2O3S. The Balaban J connectivity index is 2.21. The van der Waals surface area contributed by atoms with E-state index in [1.807, 2.05) is 12.1 Å². The number of thiophene rings is 1. The summed E-state index contributed by atoms with van der Waals surface area (Å²) in [6.07, 6.45) is 0. The summed E-state index contributed by atoms with van der Waals surface area (Å²) in [5.41, 5.74) is 0.769. The Kier molecular flexibility index (Phi) is 4.62. The highest BCUT2D eigenvalue weighted by molar-refractivity contribution is 7.15. The fourth-order valence-corrected chi connectivity index (χ4v) is 2.76.